The molecule has 1 rings (SSSR count). The molecule has 2 heteroatoms. The molecule has 0 aliphatic rings. The van der Waals surface area contributed by atoms with Crippen molar-refractivity contribution in [1.82, 2.24) is 0 Å². The van der Waals surface area contributed by atoms with Crippen LogP contribution in [0.25, 0.3) is 0 Å². The molecule has 0 aliphatic heterocycles. The summed E-state index contributed by atoms with van der Waals surface area (Å²) in [5.74, 6) is 0.758. The first-order chi connectivity index (χ1) is 5.83. The first kappa shape index (κ1) is 9.88. The van der Waals surface area contributed by atoms with Crippen molar-refractivity contribution in [3.63, 3.8) is 0 Å². The Bertz CT molecular complexity index is 216. The summed E-state index contributed by atoms with van der Waals surface area (Å²) in [6.07, 6.45) is 3.35. The van der Waals surface area contributed by atoms with Gasteiger partial charge in [-0.3, -0.25) is 0 Å². The first-order valence-electron chi connectivity index (χ1n) is 4.13. The lowest BCUT2D eigenvalue weighted by Crippen LogP contribution is -1.85. The van der Waals surface area contributed by atoms with Gasteiger partial charge in [0.05, 0.1) is 0 Å². The van der Waals surface area contributed by atoms with E-state index in [1.807, 2.05) is 12.1 Å². The summed E-state index contributed by atoms with van der Waals surface area (Å²) in [5, 5.41) is 0.802. The van der Waals surface area contributed by atoms with Gasteiger partial charge in [-0.25, -0.2) is 0 Å². The lowest BCUT2D eigenvalue weighted by Gasteiger charge is -1.99. The predicted molar refractivity (Wildman–Crippen MR) is 55.1 cm³/mol. The molecule has 0 saturated heterocycles. The third kappa shape index (κ3) is 3.46. The van der Waals surface area contributed by atoms with Crippen LogP contribution in [-0.2, 0) is 6.42 Å². The Morgan fingerprint density at radius 1 is 1.00 bits per heavy atom. The Balaban J connectivity index is 2.37. The van der Waals surface area contributed by atoms with Gasteiger partial charge in [-0.2, -0.15) is 0 Å². The second-order valence-corrected chi connectivity index (χ2v) is 3.59. The molecule has 1 aromatic carbocycles. The van der Waals surface area contributed by atoms with Crippen LogP contribution in [0, 0.1) is 0 Å². The molecule has 12 heavy (non-hydrogen) atoms. The highest BCUT2D eigenvalue weighted by atomic mass is 35.5. The van der Waals surface area contributed by atoms with E-state index < -0.39 is 0 Å². The van der Waals surface area contributed by atoms with Crippen LogP contribution < -0.4 is 0 Å². The van der Waals surface area contributed by atoms with E-state index in [1.165, 1.54) is 5.56 Å². The van der Waals surface area contributed by atoms with Gasteiger partial charge in [0.2, 0.25) is 0 Å². The SMILES string of the molecule is ClCCCCc1ccc(Cl)cc1. The standard InChI is InChI=1S/C10H12Cl2/c11-8-2-1-3-9-4-6-10(12)7-5-9/h4-7H,1-3,8H2. The van der Waals surface area contributed by atoms with Crippen molar-refractivity contribution < 1.29 is 0 Å². The van der Waals surface area contributed by atoms with Gasteiger partial charge in [0.25, 0.3) is 0 Å². The summed E-state index contributed by atoms with van der Waals surface area (Å²) in [4.78, 5) is 0. The fourth-order valence-electron chi connectivity index (χ4n) is 1.07. The summed E-state index contributed by atoms with van der Waals surface area (Å²) in [7, 11) is 0. The van der Waals surface area contributed by atoms with Crippen molar-refractivity contribution in [3.05, 3.63) is 34.9 Å². The van der Waals surface area contributed by atoms with Gasteiger partial charge in [-0.15, -0.1) is 11.6 Å². The van der Waals surface area contributed by atoms with E-state index in [4.69, 9.17) is 23.2 Å². The van der Waals surface area contributed by atoms with Gasteiger partial charge in [0.1, 0.15) is 0 Å². The van der Waals surface area contributed by atoms with Gasteiger partial charge >= 0.3 is 0 Å². The zero-order chi connectivity index (χ0) is 8.81. The minimum absolute atomic E-state index is 0.758. The van der Waals surface area contributed by atoms with Crippen LogP contribution in [0.1, 0.15) is 18.4 Å². The zero-order valence-corrected chi connectivity index (χ0v) is 8.41. The van der Waals surface area contributed by atoms with E-state index in [0.717, 1.165) is 30.2 Å². The topological polar surface area (TPSA) is 0 Å². The van der Waals surface area contributed by atoms with E-state index in [9.17, 15) is 0 Å². The average molecular weight is 203 g/mol. The normalized spacial score (nSPS) is 10.2. The van der Waals surface area contributed by atoms with Crippen molar-refractivity contribution in [2.45, 2.75) is 19.3 Å². The zero-order valence-electron chi connectivity index (χ0n) is 6.89. The number of hydrogen-bond donors (Lipinski definition) is 0. The van der Waals surface area contributed by atoms with Crippen molar-refractivity contribution in [2.24, 2.45) is 0 Å². The maximum absolute atomic E-state index is 5.75. The van der Waals surface area contributed by atoms with Gasteiger partial charge in [-0.05, 0) is 37.0 Å². The summed E-state index contributed by atoms with van der Waals surface area (Å²) in [6, 6.07) is 7.99. The number of aryl methyl sites for hydroxylation is 1. The molecule has 0 unspecified atom stereocenters. The molecule has 0 atom stereocenters. The smallest absolute Gasteiger partial charge is 0.0406 e. The molecule has 0 saturated carbocycles. The highest BCUT2D eigenvalue weighted by Crippen LogP contribution is 2.11. The van der Waals surface area contributed by atoms with Crippen molar-refractivity contribution in [3.8, 4) is 0 Å². The molecule has 0 aliphatic carbocycles. The molecular weight excluding hydrogens is 191 g/mol. The Labute approximate surface area is 83.5 Å². The molecule has 0 amide bonds. The van der Waals surface area contributed by atoms with Gasteiger partial charge in [0, 0.05) is 10.9 Å². The predicted octanol–water partition coefficient (Wildman–Crippen LogP) is 3.90. The highest BCUT2D eigenvalue weighted by molar-refractivity contribution is 6.30. The van der Waals surface area contributed by atoms with E-state index in [0.29, 0.717) is 0 Å². The fraction of sp³-hybridized carbons (Fsp3) is 0.400. The maximum Gasteiger partial charge on any atom is 0.0406 e. The second kappa shape index (κ2) is 5.45. The quantitative estimate of drug-likeness (QED) is 0.514. The molecule has 0 N–H and O–H groups in total. The Hall–Kier alpha value is -0.200. The Kier molecular flexibility index (Phi) is 4.49. The largest absolute Gasteiger partial charge is 0.127 e. The summed E-state index contributed by atoms with van der Waals surface area (Å²) in [5.41, 5.74) is 1.34. The van der Waals surface area contributed by atoms with Crippen LogP contribution in [0.3, 0.4) is 0 Å². The molecule has 0 aromatic heterocycles. The molecule has 66 valence electrons. The summed E-state index contributed by atoms with van der Waals surface area (Å²) >= 11 is 11.3. The van der Waals surface area contributed by atoms with Crippen molar-refractivity contribution in [1.29, 1.82) is 0 Å². The van der Waals surface area contributed by atoms with Crippen LogP contribution in [-0.4, -0.2) is 5.88 Å². The van der Waals surface area contributed by atoms with Crippen molar-refractivity contribution >= 4 is 23.2 Å². The minimum Gasteiger partial charge on any atom is -0.127 e. The minimum atomic E-state index is 0.758. The van der Waals surface area contributed by atoms with E-state index in [-0.39, 0.29) is 0 Å². The number of benzene rings is 1. The Morgan fingerprint density at radius 2 is 1.67 bits per heavy atom. The second-order valence-electron chi connectivity index (χ2n) is 2.77. The first-order valence-corrected chi connectivity index (χ1v) is 5.04. The van der Waals surface area contributed by atoms with Crippen LogP contribution in [0.2, 0.25) is 5.02 Å². The number of hydrogen-bond acceptors (Lipinski definition) is 0. The third-order valence-electron chi connectivity index (χ3n) is 1.76. The molecule has 0 bridgehead atoms. The lowest BCUT2D eigenvalue weighted by atomic mass is 10.1. The summed E-state index contributed by atoms with van der Waals surface area (Å²) in [6.45, 7) is 0. The fourth-order valence-corrected chi connectivity index (χ4v) is 1.39. The number of rotatable bonds is 4. The van der Waals surface area contributed by atoms with Gasteiger partial charge < -0.3 is 0 Å². The third-order valence-corrected chi connectivity index (χ3v) is 2.28. The number of alkyl halides is 1. The lowest BCUT2D eigenvalue weighted by molar-refractivity contribution is 0.800. The van der Waals surface area contributed by atoms with E-state index in [2.05, 4.69) is 12.1 Å². The molecular formula is C10H12Cl2. The molecule has 1 aromatic rings. The molecule has 0 radical (unpaired) electrons. The van der Waals surface area contributed by atoms with Gasteiger partial charge in [-0.1, -0.05) is 23.7 Å². The number of halogens is 2. The van der Waals surface area contributed by atoms with Gasteiger partial charge in [0.15, 0.2) is 0 Å². The molecule has 0 heterocycles. The molecule has 0 spiro atoms. The highest BCUT2D eigenvalue weighted by Gasteiger charge is 1.92. The van der Waals surface area contributed by atoms with E-state index in [1.54, 1.807) is 0 Å². The van der Waals surface area contributed by atoms with Crippen LogP contribution in [0.5, 0.6) is 0 Å². The van der Waals surface area contributed by atoms with E-state index >= 15 is 0 Å². The van der Waals surface area contributed by atoms with Crippen LogP contribution in [0.4, 0.5) is 0 Å². The average Bonchev–Trinajstić information content (AvgIpc) is 2.09. The molecule has 0 fully saturated rings. The maximum atomic E-state index is 5.75. The Morgan fingerprint density at radius 3 is 2.25 bits per heavy atom. The van der Waals surface area contributed by atoms with Crippen LogP contribution in [0.15, 0.2) is 24.3 Å². The molecule has 0 nitrogen and oxygen atoms in total. The number of unbranched alkanes of at least 4 members (excludes halogenated alkanes) is 1. The monoisotopic (exact) mass is 202 g/mol. The summed E-state index contributed by atoms with van der Waals surface area (Å²) < 4.78 is 0. The van der Waals surface area contributed by atoms with Crippen molar-refractivity contribution in [2.75, 3.05) is 5.88 Å². The van der Waals surface area contributed by atoms with Crippen LogP contribution >= 0.6 is 23.2 Å².